The maximum absolute atomic E-state index is 9.55. The van der Waals surface area contributed by atoms with E-state index >= 15 is 0 Å². The molecule has 0 saturated heterocycles. The molecular formula is C16H17NOS. The van der Waals surface area contributed by atoms with E-state index in [4.69, 9.17) is 0 Å². The van der Waals surface area contributed by atoms with Gasteiger partial charge in [0.1, 0.15) is 5.75 Å². The average Bonchev–Trinajstić information content (AvgIpc) is 2.82. The summed E-state index contributed by atoms with van der Waals surface area (Å²) in [7, 11) is 0. The summed E-state index contributed by atoms with van der Waals surface area (Å²) in [5.41, 5.74) is 2.51. The normalized spacial score (nSPS) is 19.1. The molecule has 0 aliphatic carbocycles. The number of aromatic hydroxyl groups is 1. The Morgan fingerprint density at radius 2 is 2.05 bits per heavy atom. The number of hydrogen-bond donors (Lipinski definition) is 2. The third kappa shape index (κ3) is 2.62. The summed E-state index contributed by atoms with van der Waals surface area (Å²) in [6.45, 7) is 2.14. The summed E-state index contributed by atoms with van der Waals surface area (Å²) < 4.78 is 0. The molecule has 2 aromatic carbocycles. The largest absolute Gasteiger partial charge is 0.508 e. The number of fused-ring (bicyclic) bond motifs is 1. The van der Waals surface area contributed by atoms with Gasteiger partial charge < -0.3 is 10.4 Å². The van der Waals surface area contributed by atoms with E-state index in [1.165, 1.54) is 10.5 Å². The second-order valence-electron chi connectivity index (χ2n) is 4.88. The fraction of sp³-hybridized carbons (Fsp3) is 0.250. The van der Waals surface area contributed by atoms with Gasteiger partial charge in [-0.25, -0.2) is 0 Å². The van der Waals surface area contributed by atoms with Gasteiger partial charge in [0.2, 0.25) is 0 Å². The minimum Gasteiger partial charge on any atom is -0.508 e. The van der Waals surface area contributed by atoms with E-state index < -0.39 is 0 Å². The molecule has 0 fully saturated rings. The van der Waals surface area contributed by atoms with Crippen LogP contribution in [0, 0.1) is 0 Å². The van der Waals surface area contributed by atoms with Crippen LogP contribution < -0.4 is 5.32 Å². The number of nitrogens with one attached hydrogen (secondary N) is 1. The van der Waals surface area contributed by atoms with Crippen molar-refractivity contribution in [1.29, 1.82) is 0 Å². The molecule has 0 aromatic heterocycles. The molecule has 19 heavy (non-hydrogen) atoms. The smallest absolute Gasteiger partial charge is 0.115 e. The Morgan fingerprint density at radius 1 is 1.21 bits per heavy atom. The maximum Gasteiger partial charge on any atom is 0.115 e. The molecule has 1 aliphatic rings. The highest BCUT2D eigenvalue weighted by Crippen LogP contribution is 2.38. The zero-order chi connectivity index (χ0) is 13.2. The fourth-order valence-corrected chi connectivity index (χ4v) is 3.67. The molecular weight excluding hydrogens is 254 g/mol. The van der Waals surface area contributed by atoms with E-state index in [1.54, 1.807) is 6.07 Å². The van der Waals surface area contributed by atoms with Crippen LogP contribution >= 0.6 is 11.8 Å². The zero-order valence-corrected chi connectivity index (χ0v) is 11.7. The van der Waals surface area contributed by atoms with E-state index in [0.717, 1.165) is 11.3 Å². The van der Waals surface area contributed by atoms with Gasteiger partial charge in [0.15, 0.2) is 0 Å². The maximum atomic E-state index is 9.55. The predicted molar refractivity (Wildman–Crippen MR) is 79.6 cm³/mol. The number of rotatable bonds is 3. The highest BCUT2D eigenvalue weighted by Gasteiger charge is 2.24. The van der Waals surface area contributed by atoms with Crippen LogP contribution in [0.25, 0.3) is 0 Å². The first-order valence-corrected chi connectivity index (χ1v) is 7.49. The molecule has 1 heterocycles. The van der Waals surface area contributed by atoms with Crippen molar-refractivity contribution in [2.45, 2.75) is 23.9 Å². The lowest BCUT2D eigenvalue weighted by molar-refractivity contribution is 0.467. The quantitative estimate of drug-likeness (QED) is 0.888. The molecule has 0 spiro atoms. The third-order valence-electron chi connectivity index (χ3n) is 3.52. The monoisotopic (exact) mass is 271 g/mol. The van der Waals surface area contributed by atoms with E-state index in [0.29, 0.717) is 11.8 Å². The number of benzene rings is 2. The molecule has 2 N–H and O–H groups in total. The number of phenols is 1. The van der Waals surface area contributed by atoms with Crippen LogP contribution in [0.3, 0.4) is 0 Å². The van der Waals surface area contributed by atoms with E-state index in [2.05, 4.69) is 36.5 Å². The molecule has 0 bridgehead atoms. The van der Waals surface area contributed by atoms with Crippen molar-refractivity contribution < 1.29 is 5.11 Å². The molecule has 0 radical (unpaired) electrons. The minimum absolute atomic E-state index is 0.226. The minimum atomic E-state index is 0.226. The van der Waals surface area contributed by atoms with Gasteiger partial charge in [-0.3, -0.25) is 0 Å². The lowest BCUT2D eigenvalue weighted by atomic mass is 10.0. The van der Waals surface area contributed by atoms with Crippen LogP contribution in [0.5, 0.6) is 5.75 Å². The zero-order valence-electron chi connectivity index (χ0n) is 10.8. The standard InChI is InChI=1S/C16H17NOS/c1-11(12-5-4-6-13(18)9-12)17-15-10-19-16-8-3-2-7-14(15)16/h2-9,11,15,17-18H,10H2,1H3. The molecule has 2 aromatic rings. The van der Waals surface area contributed by atoms with Gasteiger partial charge in [0.25, 0.3) is 0 Å². The van der Waals surface area contributed by atoms with Crippen molar-refractivity contribution in [1.82, 2.24) is 5.32 Å². The molecule has 0 saturated carbocycles. The van der Waals surface area contributed by atoms with Gasteiger partial charge in [-0.2, -0.15) is 0 Å². The van der Waals surface area contributed by atoms with Crippen molar-refractivity contribution in [3.8, 4) is 5.75 Å². The van der Waals surface area contributed by atoms with Gasteiger partial charge in [-0.05, 0) is 36.2 Å². The topological polar surface area (TPSA) is 32.3 Å². The van der Waals surface area contributed by atoms with Crippen molar-refractivity contribution in [3.05, 3.63) is 59.7 Å². The lowest BCUT2D eigenvalue weighted by Gasteiger charge is -2.20. The molecule has 2 nitrogen and oxygen atoms in total. The molecule has 98 valence electrons. The van der Waals surface area contributed by atoms with Crippen molar-refractivity contribution in [3.63, 3.8) is 0 Å². The molecule has 2 atom stereocenters. The molecule has 3 heteroatoms. The SMILES string of the molecule is CC(NC1CSc2ccccc21)c1cccc(O)c1. The molecule has 1 aliphatic heterocycles. The summed E-state index contributed by atoms with van der Waals surface area (Å²) in [5, 5.41) is 13.2. The third-order valence-corrected chi connectivity index (χ3v) is 4.70. The second-order valence-corrected chi connectivity index (χ2v) is 5.95. The van der Waals surface area contributed by atoms with Gasteiger partial charge >= 0.3 is 0 Å². The first-order chi connectivity index (χ1) is 9.24. The Balaban J connectivity index is 1.76. The molecule has 0 amide bonds. The van der Waals surface area contributed by atoms with Crippen LogP contribution in [-0.2, 0) is 0 Å². The van der Waals surface area contributed by atoms with Gasteiger partial charge in [0, 0.05) is 22.7 Å². The van der Waals surface area contributed by atoms with Gasteiger partial charge in [0.05, 0.1) is 0 Å². The summed E-state index contributed by atoms with van der Waals surface area (Å²) in [6.07, 6.45) is 0. The molecule has 3 rings (SSSR count). The highest BCUT2D eigenvalue weighted by molar-refractivity contribution is 7.99. The van der Waals surface area contributed by atoms with E-state index in [1.807, 2.05) is 30.0 Å². The van der Waals surface area contributed by atoms with Crippen molar-refractivity contribution in [2.24, 2.45) is 0 Å². The predicted octanol–water partition coefficient (Wildman–Crippen LogP) is 3.89. The Kier molecular flexibility index (Phi) is 3.49. The fourth-order valence-electron chi connectivity index (χ4n) is 2.49. The van der Waals surface area contributed by atoms with Gasteiger partial charge in [-0.1, -0.05) is 30.3 Å². The number of hydrogen-bond acceptors (Lipinski definition) is 3. The van der Waals surface area contributed by atoms with Crippen molar-refractivity contribution in [2.75, 3.05) is 5.75 Å². The summed E-state index contributed by atoms with van der Waals surface area (Å²) in [6, 6.07) is 16.6. The van der Waals surface area contributed by atoms with Gasteiger partial charge in [-0.15, -0.1) is 11.8 Å². The Bertz CT molecular complexity index is 584. The van der Waals surface area contributed by atoms with Crippen LogP contribution in [0.2, 0.25) is 0 Å². The highest BCUT2D eigenvalue weighted by atomic mass is 32.2. The Hall–Kier alpha value is -1.45. The summed E-state index contributed by atoms with van der Waals surface area (Å²) >= 11 is 1.90. The lowest BCUT2D eigenvalue weighted by Crippen LogP contribution is -2.24. The van der Waals surface area contributed by atoms with Crippen LogP contribution in [0.4, 0.5) is 0 Å². The molecule has 2 unspecified atom stereocenters. The second kappa shape index (κ2) is 5.27. The first kappa shape index (κ1) is 12.6. The number of phenolic OH excluding ortho intramolecular Hbond substituents is 1. The first-order valence-electron chi connectivity index (χ1n) is 6.51. The number of thioether (sulfide) groups is 1. The summed E-state index contributed by atoms with van der Waals surface area (Å²) in [4.78, 5) is 1.38. The van der Waals surface area contributed by atoms with Crippen molar-refractivity contribution >= 4 is 11.8 Å². The van der Waals surface area contributed by atoms with Crippen LogP contribution in [-0.4, -0.2) is 10.9 Å². The van der Waals surface area contributed by atoms with Crippen LogP contribution in [0.1, 0.15) is 30.1 Å². The Morgan fingerprint density at radius 3 is 2.89 bits per heavy atom. The summed E-state index contributed by atoms with van der Waals surface area (Å²) in [5.74, 6) is 1.40. The Labute approximate surface area is 117 Å². The van der Waals surface area contributed by atoms with Crippen LogP contribution in [0.15, 0.2) is 53.4 Å². The van der Waals surface area contributed by atoms with E-state index in [-0.39, 0.29) is 6.04 Å². The average molecular weight is 271 g/mol. The van der Waals surface area contributed by atoms with E-state index in [9.17, 15) is 5.11 Å².